The summed E-state index contributed by atoms with van der Waals surface area (Å²) in [4.78, 5) is 18.5. The van der Waals surface area contributed by atoms with Gasteiger partial charge in [-0.1, -0.05) is 6.92 Å². The van der Waals surface area contributed by atoms with Gasteiger partial charge in [-0.05, 0) is 31.9 Å². The number of hydrogen-bond acceptors (Lipinski definition) is 6. The van der Waals surface area contributed by atoms with E-state index in [-0.39, 0.29) is 5.69 Å². The van der Waals surface area contributed by atoms with E-state index >= 15 is 0 Å². The number of benzene rings is 1. The summed E-state index contributed by atoms with van der Waals surface area (Å²) in [6.07, 6.45) is 1.96. The molecule has 21 heavy (non-hydrogen) atoms. The maximum absolute atomic E-state index is 10.9. The molecule has 0 aliphatic carbocycles. The minimum atomic E-state index is -0.410. The van der Waals surface area contributed by atoms with Crippen LogP contribution in [0.3, 0.4) is 0 Å². The molecule has 7 nitrogen and oxygen atoms in total. The fraction of sp³-hybridized carbons (Fsp3) is 0.286. The maximum Gasteiger partial charge on any atom is 0.272 e. The van der Waals surface area contributed by atoms with Crippen molar-refractivity contribution in [1.82, 2.24) is 9.97 Å². The van der Waals surface area contributed by atoms with E-state index in [0.717, 1.165) is 0 Å². The summed E-state index contributed by atoms with van der Waals surface area (Å²) < 4.78 is 5.77. The zero-order valence-electron chi connectivity index (χ0n) is 12.1. The molecule has 0 atom stereocenters. The van der Waals surface area contributed by atoms with Crippen LogP contribution in [0.4, 0.5) is 11.5 Å². The van der Waals surface area contributed by atoms with Gasteiger partial charge in [0.05, 0.1) is 10.5 Å². The molecule has 0 fully saturated rings. The van der Waals surface area contributed by atoms with Crippen LogP contribution in [0.1, 0.15) is 23.6 Å². The average molecular weight is 288 g/mol. The average Bonchev–Trinajstić information content (AvgIpc) is 2.42. The van der Waals surface area contributed by atoms with Crippen LogP contribution in [0.15, 0.2) is 18.5 Å². The molecular formula is C14H16N4O3. The summed E-state index contributed by atoms with van der Waals surface area (Å²) in [7, 11) is 0. The van der Waals surface area contributed by atoms with Gasteiger partial charge in [0.25, 0.3) is 5.69 Å². The molecule has 0 saturated heterocycles. The number of hydrogen-bond donors (Lipinski definition) is 1. The van der Waals surface area contributed by atoms with Crippen molar-refractivity contribution in [3.63, 3.8) is 0 Å². The highest BCUT2D eigenvalue weighted by atomic mass is 16.6. The number of nitrogens with zero attached hydrogens (tertiary/aromatic N) is 3. The molecule has 2 aromatic rings. The van der Waals surface area contributed by atoms with Crippen LogP contribution in [0.2, 0.25) is 0 Å². The Bertz CT molecular complexity index is 701. The minimum absolute atomic E-state index is 0.0674. The first kappa shape index (κ1) is 14.7. The molecule has 0 saturated carbocycles. The largest absolute Gasteiger partial charge is 0.438 e. The van der Waals surface area contributed by atoms with Crippen molar-refractivity contribution in [2.24, 2.45) is 0 Å². The molecule has 1 aromatic carbocycles. The van der Waals surface area contributed by atoms with Gasteiger partial charge in [-0.2, -0.15) is 0 Å². The smallest absolute Gasteiger partial charge is 0.272 e. The van der Waals surface area contributed by atoms with Gasteiger partial charge in [-0.15, -0.1) is 0 Å². The highest BCUT2D eigenvalue weighted by Crippen LogP contribution is 2.32. The predicted octanol–water partition coefficient (Wildman–Crippen LogP) is 2.94. The summed E-state index contributed by atoms with van der Waals surface area (Å²) in [5.74, 6) is 1.27. The highest BCUT2D eigenvalue weighted by molar-refractivity contribution is 5.52. The molecular weight excluding hydrogens is 272 g/mol. The van der Waals surface area contributed by atoms with Crippen molar-refractivity contribution < 1.29 is 9.66 Å². The summed E-state index contributed by atoms with van der Waals surface area (Å²) in [6.45, 7) is 5.34. The van der Waals surface area contributed by atoms with Gasteiger partial charge in [0.15, 0.2) is 0 Å². The first-order chi connectivity index (χ1) is 9.93. The Morgan fingerprint density at radius 1 is 1.29 bits per heavy atom. The van der Waals surface area contributed by atoms with Gasteiger partial charge < -0.3 is 10.5 Å². The second-order valence-electron chi connectivity index (χ2n) is 4.66. The van der Waals surface area contributed by atoms with E-state index in [9.17, 15) is 10.1 Å². The fourth-order valence-electron chi connectivity index (χ4n) is 2.01. The number of rotatable bonds is 4. The summed E-state index contributed by atoms with van der Waals surface area (Å²) in [5, 5.41) is 10.9. The SMILES string of the molecule is CCc1c(N)ncnc1Oc1cc(C)c([N+](=O)[O-])cc1C. The zero-order valence-corrected chi connectivity index (χ0v) is 12.1. The number of ether oxygens (including phenoxy) is 1. The monoisotopic (exact) mass is 288 g/mol. The molecule has 0 radical (unpaired) electrons. The normalized spacial score (nSPS) is 10.4. The van der Waals surface area contributed by atoms with Crippen LogP contribution in [0.25, 0.3) is 0 Å². The standard InChI is InChI=1S/C14H16N4O3/c1-4-10-13(15)16-7-17-14(10)21-12-6-8(2)11(18(19)20)5-9(12)3/h5-7H,4H2,1-3H3,(H2,15,16,17). The van der Waals surface area contributed by atoms with Crippen LogP contribution in [-0.4, -0.2) is 14.9 Å². The van der Waals surface area contributed by atoms with Gasteiger partial charge >= 0.3 is 0 Å². The molecule has 0 bridgehead atoms. The van der Waals surface area contributed by atoms with E-state index < -0.39 is 4.92 Å². The Morgan fingerprint density at radius 2 is 2.00 bits per heavy atom. The summed E-state index contributed by atoms with van der Waals surface area (Å²) >= 11 is 0. The van der Waals surface area contributed by atoms with Crippen molar-refractivity contribution in [2.45, 2.75) is 27.2 Å². The third-order valence-corrected chi connectivity index (χ3v) is 3.19. The maximum atomic E-state index is 10.9. The summed E-state index contributed by atoms with van der Waals surface area (Å²) in [6, 6.07) is 3.12. The van der Waals surface area contributed by atoms with E-state index in [2.05, 4.69) is 9.97 Å². The lowest BCUT2D eigenvalue weighted by molar-refractivity contribution is -0.385. The van der Waals surface area contributed by atoms with Crippen molar-refractivity contribution in [1.29, 1.82) is 0 Å². The quantitative estimate of drug-likeness (QED) is 0.685. The van der Waals surface area contributed by atoms with Crippen LogP contribution < -0.4 is 10.5 Å². The number of nitrogen functional groups attached to an aromatic ring is 1. The lowest BCUT2D eigenvalue weighted by Crippen LogP contribution is -2.03. The van der Waals surface area contributed by atoms with Crippen LogP contribution in [0.5, 0.6) is 11.6 Å². The van der Waals surface area contributed by atoms with Gasteiger partial charge in [-0.3, -0.25) is 10.1 Å². The lowest BCUT2D eigenvalue weighted by Gasteiger charge is -2.12. The van der Waals surface area contributed by atoms with Crippen molar-refractivity contribution in [3.05, 3.63) is 45.3 Å². The molecule has 1 heterocycles. The first-order valence-corrected chi connectivity index (χ1v) is 6.46. The lowest BCUT2D eigenvalue weighted by atomic mass is 10.1. The highest BCUT2D eigenvalue weighted by Gasteiger charge is 2.16. The molecule has 2 rings (SSSR count). The van der Waals surface area contributed by atoms with Gasteiger partial charge in [-0.25, -0.2) is 9.97 Å². The van der Waals surface area contributed by atoms with Crippen molar-refractivity contribution in [3.8, 4) is 11.6 Å². The first-order valence-electron chi connectivity index (χ1n) is 6.46. The second-order valence-corrected chi connectivity index (χ2v) is 4.66. The van der Waals surface area contributed by atoms with Gasteiger partial charge in [0.2, 0.25) is 5.88 Å². The molecule has 0 amide bonds. The Kier molecular flexibility index (Phi) is 4.02. The number of nitro groups is 1. The van der Waals surface area contributed by atoms with E-state index in [1.807, 2.05) is 6.92 Å². The predicted molar refractivity (Wildman–Crippen MR) is 78.5 cm³/mol. The van der Waals surface area contributed by atoms with Crippen LogP contribution in [0, 0.1) is 24.0 Å². The van der Waals surface area contributed by atoms with Gasteiger partial charge in [0, 0.05) is 11.6 Å². The van der Waals surface area contributed by atoms with Crippen molar-refractivity contribution >= 4 is 11.5 Å². The van der Waals surface area contributed by atoms with E-state index in [1.54, 1.807) is 19.9 Å². The van der Waals surface area contributed by atoms with E-state index in [1.165, 1.54) is 12.4 Å². The zero-order chi connectivity index (χ0) is 15.6. The van der Waals surface area contributed by atoms with Crippen LogP contribution in [-0.2, 0) is 6.42 Å². The molecule has 7 heteroatoms. The number of anilines is 1. The number of nitro benzene ring substituents is 1. The topological polar surface area (TPSA) is 104 Å². The van der Waals surface area contributed by atoms with E-state index in [4.69, 9.17) is 10.5 Å². The number of aryl methyl sites for hydroxylation is 2. The van der Waals surface area contributed by atoms with Gasteiger partial charge in [0.1, 0.15) is 17.9 Å². The Hall–Kier alpha value is -2.70. The molecule has 110 valence electrons. The Morgan fingerprint density at radius 3 is 2.62 bits per heavy atom. The minimum Gasteiger partial charge on any atom is -0.438 e. The summed E-state index contributed by atoms with van der Waals surface area (Å²) in [5.41, 5.74) is 7.77. The molecule has 0 unspecified atom stereocenters. The third-order valence-electron chi connectivity index (χ3n) is 3.19. The molecule has 0 aliphatic heterocycles. The molecule has 2 N–H and O–H groups in total. The van der Waals surface area contributed by atoms with Crippen molar-refractivity contribution in [2.75, 3.05) is 5.73 Å². The van der Waals surface area contributed by atoms with E-state index in [0.29, 0.717) is 40.6 Å². The molecule has 1 aromatic heterocycles. The number of nitrogens with two attached hydrogens (primary N) is 1. The Labute approximate surface area is 121 Å². The number of aromatic nitrogens is 2. The van der Waals surface area contributed by atoms with Crippen LogP contribution >= 0.6 is 0 Å². The molecule has 0 aliphatic rings. The second kappa shape index (κ2) is 5.74. The molecule has 0 spiro atoms. The third kappa shape index (κ3) is 2.91. The Balaban J connectivity index is 2.43. The fourth-order valence-corrected chi connectivity index (χ4v) is 2.01.